The fourth-order valence-corrected chi connectivity index (χ4v) is 1.83. The molecule has 20 heavy (non-hydrogen) atoms. The minimum Gasteiger partial charge on any atom is -0.478 e. The van der Waals surface area contributed by atoms with Gasteiger partial charge in [0.15, 0.2) is 0 Å². The minimum atomic E-state index is -1.00. The number of carboxylic acids is 1. The number of carbonyl (C=O) groups excluding carboxylic acids is 1. The van der Waals surface area contributed by atoms with Crippen LogP contribution in [-0.2, 0) is 16.1 Å². The molecule has 0 bridgehead atoms. The molecule has 0 unspecified atom stereocenters. The number of benzene rings is 1. The van der Waals surface area contributed by atoms with Gasteiger partial charge in [0.05, 0.1) is 29.5 Å². The van der Waals surface area contributed by atoms with Crippen LogP contribution in [0.2, 0.25) is 0 Å². The Morgan fingerprint density at radius 3 is 2.95 bits per heavy atom. The molecule has 0 aliphatic rings. The molecule has 7 nitrogen and oxygen atoms in total. The van der Waals surface area contributed by atoms with Crippen LogP contribution in [0, 0.1) is 0 Å². The molecular formula is C13H15N3O4. The number of amides is 1. The van der Waals surface area contributed by atoms with Crippen LogP contribution in [-0.4, -0.2) is 46.8 Å². The molecule has 1 aromatic heterocycles. The van der Waals surface area contributed by atoms with E-state index in [0.717, 1.165) is 5.52 Å². The van der Waals surface area contributed by atoms with Gasteiger partial charge in [-0.1, -0.05) is 0 Å². The average Bonchev–Trinajstić information content (AvgIpc) is 2.81. The predicted octanol–water partition coefficient (Wildman–Crippen LogP) is 0.497. The first-order chi connectivity index (χ1) is 9.61. The number of rotatable bonds is 6. The van der Waals surface area contributed by atoms with Crippen molar-refractivity contribution in [1.82, 2.24) is 14.9 Å². The van der Waals surface area contributed by atoms with E-state index in [1.165, 1.54) is 18.5 Å². The summed E-state index contributed by atoms with van der Waals surface area (Å²) >= 11 is 0. The van der Waals surface area contributed by atoms with Crippen LogP contribution >= 0.6 is 0 Å². The second-order valence-electron chi connectivity index (χ2n) is 4.22. The third kappa shape index (κ3) is 3.12. The van der Waals surface area contributed by atoms with Crippen LogP contribution in [0.25, 0.3) is 11.0 Å². The summed E-state index contributed by atoms with van der Waals surface area (Å²) in [6.45, 7) is 1.04. The molecule has 2 aromatic rings. The van der Waals surface area contributed by atoms with E-state index in [1.54, 1.807) is 17.7 Å². The fourth-order valence-electron chi connectivity index (χ4n) is 1.83. The second kappa shape index (κ2) is 6.16. The van der Waals surface area contributed by atoms with Crippen molar-refractivity contribution in [2.45, 2.75) is 6.54 Å². The molecule has 0 spiro atoms. The van der Waals surface area contributed by atoms with E-state index in [4.69, 9.17) is 9.84 Å². The molecule has 1 aromatic carbocycles. The molecule has 0 fully saturated rings. The van der Waals surface area contributed by atoms with Crippen LogP contribution in [0.5, 0.6) is 0 Å². The highest BCUT2D eigenvalue weighted by Gasteiger charge is 2.09. The summed E-state index contributed by atoms with van der Waals surface area (Å²) in [4.78, 5) is 26.7. The molecule has 0 aliphatic heterocycles. The number of aromatic nitrogens is 2. The van der Waals surface area contributed by atoms with Gasteiger partial charge in [0, 0.05) is 13.7 Å². The van der Waals surface area contributed by atoms with Crippen molar-refractivity contribution in [3.8, 4) is 0 Å². The number of fused-ring (bicyclic) bond motifs is 1. The summed E-state index contributed by atoms with van der Waals surface area (Å²) in [5, 5.41) is 11.6. The van der Waals surface area contributed by atoms with Crippen molar-refractivity contribution >= 4 is 22.9 Å². The van der Waals surface area contributed by atoms with Gasteiger partial charge in [-0.3, -0.25) is 4.79 Å². The van der Waals surface area contributed by atoms with E-state index >= 15 is 0 Å². The van der Waals surface area contributed by atoms with E-state index < -0.39 is 5.97 Å². The van der Waals surface area contributed by atoms with Gasteiger partial charge in [-0.25, -0.2) is 9.78 Å². The smallest absolute Gasteiger partial charge is 0.335 e. The number of carboxylic acid groups (broad SMARTS) is 1. The summed E-state index contributed by atoms with van der Waals surface area (Å²) in [5.41, 5.74) is 1.44. The van der Waals surface area contributed by atoms with E-state index in [1.807, 2.05) is 0 Å². The topological polar surface area (TPSA) is 93.5 Å². The first-order valence-electron chi connectivity index (χ1n) is 6.05. The summed E-state index contributed by atoms with van der Waals surface area (Å²) in [6.07, 6.45) is 1.52. The van der Waals surface area contributed by atoms with E-state index in [2.05, 4.69) is 10.3 Å². The summed E-state index contributed by atoms with van der Waals surface area (Å²) in [7, 11) is 1.57. The van der Waals surface area contributed by atoms with Gasteiger partial charge in [0.25, 0.3) is 0 Å². The molecule has 2 rings (SSSR count). The fraction of sp³-hybridized carbons (Fsp3) is 0.308. The Morgan fingerprint density at radius 1 is 1.45 bits per heavy atom. The number of nitrogens with one attached hydrogen (secondary N) is 1. The van der Waals surface area contributed by atoms with Crippen LogP contribution in [0.3, 0.4) is 0 Å². The largest absolute Gasteiger partial charge is 0.478 e. The van der Waals surface area contributed by atoms with Crippen LogP contribution in [0.1, 0.15) is 10.4 Å². The lowest BCUT2D eigenvalue weighted by atomic mass is 10.2. The molecule has 0 aliphatic carbocycles. The molecule has 2 N–H and O–H groups in total. The lowest BCUT2D eigenvalue weighted by molar-refractivity contribution is -0.121. The number of imidazole rings is 1. The van der Waals surface area contributed by atoms with Gasteiger partial charge in [-0.05, 0) is 18.2 Å². The Bertz CT molecular complexity index is 636. The average molecular weight is 277 g/mol. The molecule has 0 saturated carbocycles. The molecule has 7 heteroatoms. The number of hydrogen-bond acceptors (Lipinski definition) is 4. The maximum atomic E-state index is 11.7. The minimum absolute atomic E-state index is 0.132. The monoisotopic (exact) mass is 277 g/mol. The predicted molar refractivity (Wildman–Crippen MR) is 71.6 cm³/mol. The summed E-state index contributed by atoms with van der Waals surface area (Å²) in [6, 6.07) is 4.62. The maximum absolute atomic E-state index is 11.7. The van der Waals surface area contributed by atoms with E-state index in [0.29, 0.717) is 18.7 Å². The Morgan fingerprint density at radius 2 is 2.25 bits per heavy atom. The maximum Gasteiger partial charge on any atom is 0.335 e. The first-order valence-corrected chi connectivity index (χ1v) is 6.05. The van der Waals surface area contributed by atoms with E-state index in [-0.39, 0.29) is 18.0 Å². The normalized spacial score (nSPS) is 10.7. The van der Waals surface area contributed by atoms with Crippen molar-refractivity contribution < 1.29 is 19.4 Å². The van der Waals surface area contributed by atoms with Crippen LogP contribution in [0.4, 0.5) is 0 Å². The number of hydrogen-bond donors (Lipinski definition) is 2. The zero-order valence-corrected chi connectivity index (χ0v) is 11.0. The Balaban J connectivity index is 2.11. The quantitative estimate of drug-likeness (QED) is 0.750. The zero-order valence-electron chi connectivity index (χ0n) is 11.0. The number of ether oxygens (including phenoxy) is 1. The third-order valence-corrected chi connectivity index (χ3v) is 2.81. The zero-order chi connectivity index (χ0) is 14.5. The molecule has 1 heterocycles. The number of carbonyl (C=O) groups is 2. The molecule has 0 saturated heterocycles. The van der Waals surface area contributed by atoms with Gasteiger partial charge in [0.1, 0.15) is 6.54 Å². The Hall–Kier alpha value is -2.41. The van der Waals surface area contributed by atoms with Crippen molar-refractivity contribution in [3.63, 3.8) is 0 Å². The molecular weight excluding hydrogens is 262 g/mol. The van der Waals surface area contributed by atoms with Crippen LogP contribution < -0.4 is 5.32 Å². The molecule has 0 atom stereocenters. The van der Waals surface area contributed by atoms with Crippen molar-refractivity contribution in [2.24, 2.45) is 0 Å². The highest BCUT2D eigenvalue weighted by molar-refractivity contribution is 5.92. The van der Waals surface area contributed by atoms with Crippen LogP contribution in [0.15, 0.2) is 24.5 Å². The highest BCUT2D eigenvalue weighted by Crippen LogP contribution is 2.14. The number of aromatic carboxylic acids is 1. The number of methoxy groups -OCH3 is 1. The Kier molecular flexibility index (Phi) is 4.31. The lowest BCUT2D eigenvalue weighted by Gasteiger charge is -2.06. The summed E-state index contributed by atoms with van der Waals surface area (Å²) in [5.74, 6) is -1.15. The second-order valence-corrected chi connectivity index (χ2v) is 4.22. The van der Waals surface area contributed by atoms with E-state index in [9.17, 15) is 9.59 Å². The van der Waals surface area contributed by atoms with Crippen molar-refractivity contribution in [3.05, 3.63) is 30.1 Å². The standard InChI is InChI=1S/C13H15N3O4/c1-20-5-4-14-12(17)7-16-8-15-10-6-9(13(18)19)2-3-11(10)16/h2-3,6,8H,4-5,7H2,1H3,(H,14,17)(H,18,19). The molecule has 106 valence electrons. The third-order valence-electron chi connectivity index (χ3n) is 2.81. The van der Waals surface area contributed by atoms with Gasteiger partial charge >= 0.3 is 5.97 Å². The van der Waals surface area contributed by atoms with Gasteiger partial charge < -0.3 is 19.7 Å². The summed E-state index contributed by atoms with van der Waals surface area (Å²) < 4.78 is 6.51. The van der Waals surface area contributed by atoms with Crippen molar-refractivity contribution in [1.29, 1.82) is 0 Å². The Labute approximate surface area is 115 Å². The first kappa shape index (κ1) is 14.0. The van der Waals surface area contributed by atoms with Crippen molar-refractivity contribution in [2.75, 3.05) is 20.3 Å². The van der Waals surface area contributed by atoms with Gasteiger partial charge in [0.2, 0.25) is 5.91 Å². The highest BCUT2D eigenvalue weighted by atomic mass is 16.5. The molecule has 1 amide bonds. The number of nitrogens with zero attached hydrogens (tertiary/aromatic N) is 2. The van der Waals surface area contributed by atoms with Gasteiger partial charge in [-0.15, -0.1) is 0 Å². The SMILES string of the molecule is COCCNC(=O)Cn1cnc2cc(C(=O)O)ccc21. The molecule has 0 radical (unpaired) electrons. The lowest BCUT2D eigenvalue weighted by Crippen LogP contribution is -2.30. The van der Waals surface area contributed by atoms with Gasteiger partial charge in [-0.2, -0.15) is 0 Å².